The van der Waals surface area contributed by atoms with Crippen molar-refractivity contribution in [3.63, 3.8) is 0 Å². The van der Waals surface area contributed by atoms with E-state index in [1.54, 1.807) is 66.7 Å². The highest BCUT2D eigenvalue weighted by atomic mass is 79.9. The van der Waals surface area contributed by atoms with Crippen LogP contribution in [0, 0.1) is 0 Å². The van der Waals surface area contributed by atoms with Crippen molar-refractivity contribution in [2.75, 3.05) is 21.5 Å². The second-order valence-electron chi connectivity index (χ2n) is 6.61. The Morgan fingerprint density at radius 1 is 0.839 bits per heavy atom. The molecule has 0 fully saturated rings. The van der Waals surface area contributed by atoms with Crippen molar-refractivity contribution in [2.24, 2.45) is 0 Å². The van der Waals surface area contributed by atoms with Crippen LogP contribution >= 0.6 is 15.9 Å². The van der Waals surface area contributed by atoms with Crippen LogP contribution in [0.1, 0.15) is 6.92 Å². The minimum atomic E-state index is -3.96. The highest BCUT2D eigenvalue weighted by Gasteiger charge is 2.27. The van der Waals surface area contributed by atoms with Crippen LogP contribution < -0.4 is 14.9 Å². The van der Waals surface area contributed by atoms with Gasteiger partial charge in [-0.15, -0.1) is 0 Å². The number of hydrogen-bond donors (Lipinski definition) is 2. The van der Waals surface area contributed by atoms with Crippen molar-refractivity contribution in [3.05, 3.63) is 83.3 Å². The molecule has 0 atom stereocenters. The molecular weight excluding hydrogens is 482 g/mol. The van der Waals surface area contributed by atoms with E-state index in [0.717, 1.165) is 8.78 Å². The third-order valence-corrected chi connectivity index (χ3v) is 6.54. The number of halogens is 1. The van der Waals surface area contributed by atoms with Crippen LogP contribution in [0.5, 0.6) is 0 Å². The molecule has 0 radical (unpaired) electrons. The fourth-order valence-electron chi connectivity index (χ4n) is 2.81. The molecule has 3 aromatic carbocycles. The van der Waals surface area contributed by atoms with Crippen LogP contribution in [0.2, 0.25) is 0 Å². The summed E-state index contributed by atoms with van der Waals surface area (Å²) in [6.07, 6.45) is 0. The maximum atomic E-state index is 13.2. The molecule has 3 aromatic rings. The Labute approximate surface area is 189 Å². The smallest absolute Gasteiger partial charge is 0.264 e. The summed E-state index contributed by atoms with van der Waals surface area (Å²) in [4.78, 5) is 23.9. The predicted octanol–water partition coefficient (Wildman–Crippen LogP) is 4.24. The molecule has 0 heterocycles. The van der Waals surface area contributed by atoms with Gasteiger partial charge in [0.15, 0.2) is 0 Å². The number of hydrogen-bond acceptors (Lipinski definition) is 4. The van der Waals surface area contributed by atoms with Gasteiger partial charge in [0, 0.05) is 22.8 Å². The first kappa shape index (κ1) is 22.5. The Balaban J connectivity index is 1.84. The van der Waals surface area contributed by atoms with Gasteiger partial charge in [-0.2, -0.15) is 0 Å². The van der Waals surface area contributed by atoms with Crippen molar-refractivity contribution >= 4 is 54.8 Å². The summed E-state index contributed by atoms with van der Waals surface area (Å²) in [5.41, 5.74) is 1.43. The third-order valence-electron chi connectivity index (χ3n) is 4.22. The first-order valence-electron chi connectivity index (χ1n) is 9.26. The normalized spacial score (nSPS) is 10.9. The third kappa shape index (κ3) is 5.93. The molecule has 0 aliphatic rings. The molecule has 2 amide bonds. The fourth-order valence-corrected chi connectivity index (χ4v) is 4.52. The molecule has 31 heavy (non-hydrogen) atoms. The van der Waals surface area contributed by atoms with E-state index in [1.807, 2.05) is 0 Å². The van der Waals surface area contributed by atoms with Crippen LogP contribution in [0.3, 0.4) is 0 Å². The molecule has 0 aromatic heterocycles. The van der Waals surface area contributed by atoms with Gasteiger partial charge in [-0.3, -0.25) is 13.9 Å². The highest BCUT2D eigenvalue weighted by molar-refractivity contribution is 9.10. The Kier molecular flexibility index (Phi) is 7.09. The molecule has 0 aliphatic carbocycles. The number of nitrogens with one attached hydrogen (secondary N) is 2. The lowest BCUT2D eigenvalue weighted by Gasteiger charge is -2.24. The van der Waals surface area contributed by atoms with Gasteiger partial charge in [-0.25, -0.2) is 8.42 Å². The second-order valence-corrected chi connectivity index (χ2v) is 9.39. The van der Waals surface area contributed by atoms with Gasteiger partial charge in [0.2, 0.25) is 11.8 Å². The molecule has 0 unspecified atom stereocenters. The Morgan fingerprint density at radius 3 is 1.94 bits per heavy atom. The zero-order valence-electron chi connectivity index (χ0n) is 16.6. The van der Waals surface area contributed by atoms with E-state index in [2.05, 4.69) is 26.6 Å². The van der Waals surface area contributed by atoms with Gasteiger partial charge < -0.3 is 10.6 Å². The molecule has 160 valence electrons. The predicted molar refractivity (Wildman–Crippen MR) is 124 cm³/mol. The van der Waals surface area contributed by atoms with E-state index < -0.39 is 22.5 Å². The van der Waals surface area contributed by atoms with Gasteiger partial charge >= 0.3 is 0 Å². The van der Waals surface area contributed by atoms with Gasteiger partial charge in [-0.1, -0.05) is 34.1 Å². The summed E-state index contributed by atoms with van der Waals surface area (Å²) >= 11 is 3.33. The van der Waals surface area contributed by atoms with Crippen molar-refractivity contribution in [1.82, 2.24) is 0 Å². The monoisotopic (exact) mass is 501 g/mol. The number of nitrogens with zero attached hydrogens (tertiary/aromatic N) is 1. The minimum absolute atomic E-state index is 0.0883. The first-order chi connectivity index (χ1) is 14.8. The quantitative estimate of drug-likeness (QED) is 0.505. The first-order valence-corrected chi connectivity index (χ1v) is 11.5. The molecular formula is C22H20BrN3O4S. The number of benzene rings is 3. The number of rotatable bonds is 7. The maximum absolute atomic E-state index is 13.2. The summed E-state index contributed by atoms with van der Waals surface area (Å²) in [6, 6.07) is 21.2. The molecule has 0 bridgehead atoms. The SMILES string of the molecule is CC(=O)Nc1ccc(NC(=O)CN(c2ccc(Br)cc2)S(=O)(=O)c2ccccc2)cc1. The Hall–Kier alpha value is -3.17. The standard InChI is InChI=1S/C22H20BrN3O4S/c1-16(27)24-18-9-11-19(12-10-18)25-22(28)15-26(20-13-7-17(23)8-14-20)31(29,30)21-5-3-2-4-6-21/h2-14H,15H2,1H3,(H,24,27)(H,25,28). The molecule has 9 heteroatoms. The number of carbonyl (C=O) groups is 2. The fraction of sp³-hybridized carbons (Fsp3) is 0.0909. The molecule has 0 saturated heterocycles. The maximum Gasteiger partial charge on any atom is 0.264 e. The zero-order chi connectivity index (χ0) is 22.4. The number of sulfonamides is 1. The summed E-state index contributed by atoms with van der Waals surface area (Å²) in [7, 11) is -3.96. The summed E-state index contributed by atoms with van der Waals surface area (Å²) in [6.45, 7) is 0.992. The van der Waals surface area contributed by atoms with E-state index in [9.17, 15) is 18.0 Å². The molecule has 0 saturated carbocycles. The van der Waals surface area contributed by atoms with Gasteiger partial charge in [0.25, 0.3) is 10.0 Å². The van der Waals surface area contributed by atoms with Gasteiger partial charge in [0.05, 0.1) is 10.6 Å². The van der Waals surface area contributed by atoms with Crippen molar-refractivity contribution < 1.29 is 18.0 Å². The van der Waals surface area contributed by atoms with Crippen molar-refractivity contribution in [2.45, 2.75) is 11.8 Å². The Morgan fingerprint density at radius 2 is 1.39 bits per heavy atom. The summed E-state index contributed by atoms with van der Waals surface area (Å²) in [5.74, 6) is -0.706. The summed E-state index contributed by atoms with van der Waals surface area (Å²) in [5, 5.41) is 5.33. The molecule has 2 N–H and O–H groups in total. The topological polar surface area (TPSA) is 95.6 Å². The number of amides is 2. The van der Waals surface area contributed by atoms with Crippen LogP contribution in [0.25, 0.3) is 0 Å². The molecule has 0 spiro atoms. The molecule has 3 rings (SSSR count). The lowest BCUT2D eigenvalue weighted by atomic mass is 10.2. The van der Waals surface area contributed by atoms with Crippen LogP contribution in [0.4, 0.5) is 17.1 Å². The van der Waals surface area contributed by atoms with E-state index in [4.69, 9.17) is 0 Å². The molecule has 0 aliphatic heterocycles. The average molecular weight is 502 g/mol. The van der Waals surface area contributed by atoms with Crippen molar-refractivity contribution in [1.29, 1.82) is 0 Å². The Bertz CT molecular complexity index is 1170. The number of carbonyl (C=O) groups excluding carboxylic acids is 2. The minimum Gasteiger partial charge on any atom is -0.326 e. The van der Waals surface area contributed by atoms with Gasteiger partial charge in [-0.05, 0) is 60.7 Å². The summed E-state index contributed by atoms with van der Waals surface area (Å²) < 4.78 is 28.3. The van der Waals surface area contributed by atoms with Crippen LogP contribution in [-0.2, 0) is 19.6 Å². The largest absolute Gasteiger partial charge is 0.326 e. The lowest BCUT2D eigenvalue weighted by molar-refractivity contribution is -0.115. The van der Waals surface area contributed by atoms with E-state index in [0.29, 0.717) is 17.1 Å². The van der Waals surface area contributed by atoms with Crippen molar-refractivity contribution in [3.8, 4) is 0 Å². The van der Waals surface area contributed by atoms with E-state index >= 15 is 0 Å². The van der Waals surface area contributed by atoms with Gasteiger partial charge in [0.1, 0.15) is 6.54 Å². The number of anilines is 3. The molecule has 7 nitrogen and oxygen atoms in total. The van der Waals surface area contributed by atoms with E-state index in [-0.39, 0.29) is 10.8 Å². The average Bonchev–Trinajstić information content (AvgIpc) is 2.74. The van der Waals surface area contributed by atoms with Crippen LogP contribution in [-0.4, -0.2) is 26.8 Å². The second kappa shape index (κ2) is 9.76. The lowest BCUT2D eigenvalue weighted by Crippen LogP contribution is -2.38. The van der Waals surface area contributed by atoms with E-state index in [1.165, 1.54) is 19.1 Å². The zero-order valence-corrected chi connectivity index (χ0v) is 19.0. The van der Waals surface area contributed by atoms with Crippen LogP contribution in [0.15, 0.2) is 88.2 Å². The highest BCUT2D eigenvalue weighted by Crippen LogP contribution is 2.25.